The molecule has 0 spiro atoms. The summed E-state index contributed by atoms with van der Waals surface area (Å²) in [5.41, 5.74) is 3.59. The minimum absolute atomic E-state index is 0.304. The molecule has 3 rings (SSSR count). The topological polar surface area (TPSA) is 107 Å². The number of urea groups is 1. The first-order chi connectivity index (χ1) is 9.97. The third-order valence-electron chi connectivity index (χ3n) is 3.70. The maximum absolute atomic E-state index is 11.6. The molecule has 0 saturated heterocycles. The summed E-state index contributed by atoms with van der Waals surface area (Å²) in [6.45, 7) is 3.46. The predicted molar refractivity (Wildman–Crippen MR) is 76.3 cm³/mol. The van der Waals surface area contributed by atoms with Crippen molar-refractivity contribution < 1.29 is 14.7 Å². The van der Waals surface area contributed by atoms with Gasteiger partial charge in [-0.3, -0.25) is 4.79 Å². The first-order valence-corrected chi connectivity index (χ1v) is 6.49. The van der Waals surface area contributed by atoms with Crippen molar-refractivity contribution >= 4 is 28.7 Å². The molecular weight excluding hydrogens is 272 g/mol. The van der Waals surface area contributed by atoms with E-state index in [0.29, 0.717) is 5.71 Å². The number of hydrogen-bond acceptors (Lipinski definition) is 3. The highest BCUT2D eigenvalue weighted by molar-refractivity contribution is 6.07. The maximum Gasteiger partial charge on any atom is 0.341 e. The fraction of sp³-hybridized carbons (Fsp3) is 0.286. The van der Waals surface area contributed by atoms with E-state index in [4.69, 9.17) is 0 Å². The van der Waals surface area contributed by atoms with Gasteiger partial charge in [0.1, 0.15) is 5.92 Å². The van der Waals surface area contributed by atoms with Gasteiger partial charge in [-0.1, -0.05) is 6.07 Å². The van der Waals surface area contributed by atoms with E-state index in [1.54, 1.807) is 13.3 Å². The van der Waals surface area contributed by atoms with Gasteiger partial charge in [-0.25, -0.2) is 14.8 Å². The molecule has 2 atom stereocenters. The van der Waals surface area contributed by atoms with E-state index >= 15 is 0 Å². The maximum atomic E-state index is 11.6. The summed E-state index contributed by atoms with van der Waals surface area (Å²) >= 11 is 0. The van der Waals surface area contributed by atoms with Gasteiger partial charge in [0.05, 0.1) is 23.4 Å². The van der Waals surface area contributed by atoms with Crippen molar-refractivity contribution in [2.75, 3.05) is 0 Å². The fourth-order valence-electron chi connectivity index (χ4n) is 2.75. The summed E-state index contributed by atoms with van der Waals surface area (Å²) in [7, 11) is 0. The SMILES string of the molecule is CC1=NC(=O)NC(c2cc(C)c3nc[nH]c3c2)C1C(=O)O. The minimum atomic E-state index is -1.01. The Morgan fingerprint density at radius 3 is 2.81 bits per heavy atom. The second-order valence-corrected chi connectivity index (χ2v) is 5.13. The Bertz CT molecular complexity index is 778. The van der Waals surface area contributed by atoms with Gasteiger partial charge < -0.3 is 15.4 Å². The lowest BCUT2D eigenvalue weighted by atomic mass is 9.87. The Balaban J connectivity index is 2.13. The number of aliphatic carboxylic acids is 1. The Morgan fingerprint density at radius 1 is 1.33 bits per heavy atom. The summed E-state index contributed by atoms with van der Waals surface area (Å²) in [5, 5.41) is 12.1. The zero-order valence-electron chi connectivity index (χ0n) is 11.5. The predicted octanol–water partition coefficient (Wildman–Crippen LogP) is 1.80. The third-order valence-corrected chi connectivity index (χ3v) is 3.70. The van der Waals surface area contributed by atoms with Crippen LogP contribution in [0.15, 0.2) is 23.5 Å². The van der Waals surface area contributed by atoms with Crippen molar-refractivity contribution in [2.24, 2.45) is 10.9 Å². The molecule has 1 aliphatic rings. The Morgan fingerprint density at radius 2 is 2.10 bits per heavy atom. The van der Waals surface area contributed by atoms with Gasteiger partial charge in [0.15, 0.2) is 0 Å². The largest absolute Gasteiger partial charge is 0.481 e. The van der Waals surface area contributed by atoms with Gasteiger partial charge in [0.25, 0.3) is 0 Å². The summed E-state index contributed by atoms with van der Waals surface area (Å²) < 4.78 is 0. The minimum Gasteiger partial charge on any atom is -0.481 e. The van der Waals surface area contributed by atoms with E-state index in [2.05, 4.69) is 20.3 Å². The normalized spacial score (nSPS) is 22.0. The average molecular weight is 286 g/mol. The van der Waals surface area contributed by atoms with Crippen LogP contribution in [0.2, 0.25) is 0 Å². The Kier molecular flexibility index (Phi) is 2.97. The summed E-state index contributed by atoms with van der Waals surface area (Å²) in [5.74, 6) is -1.88. The molecule has 0 bridgehead atoms. The number of hydrogen-bond donors (Lipinski definition) is 3. The molecule has 2 unspecified atom stereocenters. The lowest BCUT2D eigenvalue weighted by Gasteiger charge is -2.28. The summed E-state index contributed by atoms with van der Waals surface area (Å²) in [6, 6.07) is 2.51. The molecule has 0 fully saturated rings. The van der Waals surface area contributed by atoms with Gasteiger partial charge >= 0.3 is 12.0 Å². The number of aliphatic imine (C=N–C) groups is 1. The zero-order chi connectivity index (χ0) is 15.1. The molecule has 2 amide bonds. The molecule has 7 nitrogen and oxygen atoms in total. The van der Waals surface area contributed by atoms with E-state index < -0.39 is 24.0 Å². The molecule has 1 aromatic carbocycles. The lowest BCUT2D eigenvalue weighted by molar-refractivity contribution is -0.140. The van der Waals surface area contributed by atoms with Crippen LogP contribution in [0.1, 0.15) is 24.1 Å². The number of benzene rings is 1. The molecule has 0 aliphatic carbocycles. The molecule has 1 aromatic heterocycles. The highest BCUT2D eigenvalue weighted by Crippen LogP contribution is 2.30. The van der Waals surface area contributed by atoms with E-state index in [9.17, 15) is 14.7 Å². The number of carbonyl (C=O) groups excluding carboxylic acids is 1. The molecule has 7 heteroatoms. The molecule has 3 N–H and O–H groups in total. The quantitative estimate of drug-likeness (QED) is 0.782. The third kappa shape index (κ3) is 2.16. The van der Waals surface area contributed by atoms with Crippen molar-refractivity contribution in [2.45, 2.75) is 19.9 Å². The van der Waals surface area contributed by atoms with E-state index in [0.717, 1.165) is 22.2 Å². The van der Waals surface area contributed by atoms with Crippen molar-refractivity contribution in [3.8, 4) is 0 Å². The van der Waals surface area contributed by atoms with Crippen LogP contribution < -0.4 is 5.32 Å². The number of aromatic amines is 1. The number of carbonyl (C=O) groups is 2. The van der Waals surface area contributed by atoms with Crippen LogP contribution in [-0.4, -0.2) is 32.8 Å². The summed E-state index contributed by atoms with van der Waals surface area (Å²) in [6.07, 6.45) is 1.59. The van der Waals surface area contributed by atoms with Gasteiger partial charge in [-0.05, 0) is 31.0 Å². The van der Waals surface area contributed by atoms with Gasteiger partial charge in [0, 0.05) is 5.71 Å². The van der Waals surface area contributed by atoms with E-state index in [1.165, 1.54) is 0 Å². The number of nitrogens with one attached hydrogen (secondary N) is 2. The number of H-pyrrole nitrogens is 1. The fourth-order valence-corrected chi connectivity index (χ4v) is 2.75. The van der Waals surface area contributed by atoms with Crippen LogP contribution in [0.25, 0.3) is 11.0 Å². The van der Waals surface area contributed by atoms with Crippen LogP contribution in [-0.2, 0) is 4.79 Å². The molecule has 2 aromatic rings. The molecule has 0 saturated carbocycles. The average Bonchev–Trinajstić information content (AvgIpc) is 2.85. The summed E-state index contributed by atoms with van der Waals surface area (Å²) in [4.78, 5) is 34.0. The number of aryl methyl sites for hydroxylation is 1. The van der Waals surface area contributed by atoms with Crippen molar-refractivity contribution in [1.29, 1.82) is 0 Å². The lowest BCUT2D eigenvalue weighted by Crippen LogP contribution is -2.43. The number of carboxylic acids is 1. The van der Waals surface area contributed by atoms with Gasteiger partial charge in [-0.2, -0.15) is 0 Å². The van der Waals surface area contributed by atoms with Crippen LogP contribution >= 0.6 is 0 Å². The molecule has 108 valence electrons. The Hall–Kier alpha value is -2.70. The van der Waals surface area contributed by atoms with Crippen LogP contribution in [0.5, 0.6) is 0 Å². The molecule has 2 heterocycles. The number of carboxylic acid groups (broad SMARTS) is 1. The van der Waals surface area contributed by atoms with Crippen molar-refractivity contribution in [1.82, 2.24) is 15.3 Å². The number of aromatic nitrogens is 2. The number of amides is 2. The van der Waals surface area contributed by atoms with Crippen LogP contribution in [0.3, 0.4) is 0 Å². The van der Waals surface area contributed by atoms with Crippen LogP contribution in [0.4, 0.5) is 4.79 Å². The van der Waals surface area contributed by atoms with E-state index in [-0.39, 0.29) is 0 Å². The zero-order valence-corrected chi connectivity index (χ0v) is 11.5. The molecule has 21 heavy (non-hydrogen) atoms. The monoisotopic (exact) mass is 286 g/mol. The van der Waals surface area contributed by atoms with Crippen LogP contribution in [0, 0.1) is 12.8 Å². The highest BCUT2D eigenvalue weighted by atomic mass is 16.4. The molecule has 0 radical (unpaired) electrons. The second kappa shape index (κ2) is 4.69. The second-order valence-electron chi connectivity index (χ2n) is 5.13. The number of imidazole rings is 1. The standard InChI is InChI=1S/C14H14N4O3/c1-6-3-8(4-9-11(6)16-5-15-9)12-10(13(19)20)7(2)17-14(21)18-12/h3-5,10,12H,1-2H3,(H,15,16)(H,18,21)(H,19,20). The first-order valence-electron chi connectivity index (χ1n) is 6.49. The van der Waals surface area contributed by atoms with Crippen molar-refractivity contribution in [3.05, 3.63) is 29.6 Å². The number of fused-ring (bicyclic) bond motifs is 1. The van der Waals surface area contributed by atoms with Crippen molar-refractivity contribution in [3.63, 3.8) is 0 Å². The number of nitrogens with zero attached hydrogens (tertiary/aromatic N) is 2. The molecular formula is C14H14N4O3. The molecule has 1 aliphatic heterocycles. The number of rotatable bonds is 2. The first kappa shape index (κ1) is 13.3. The smallest absolute Gasteiger partial charge is 0.341 e. The van der Waals surface area contributed by atoms with Gasteiger partial charge in [0.2, 0.25) is 0 Å². The highest BCUT2D eigenvalue weighted by Gasteiger charge is 2.37. The Labute approximate surface area is 120 Å². The van der Waals surface area contributed by atoms with E-state index in [1.807, 2.05) is 19.1 Å². The van der Waals surface area contributed by atoms with Gasteiger partial charge in [-0.15, -0.1) is 0 Å².